The van der Waals surface area contributed by atoms with Gasteiger partial charge in [0.25, 0.3) is 0 Å². The molecule has 0 spiro atoms. The van der Waals surface area contributed by atoms with Crippen LogP contribution in [0.5, 0.6) is 0 Å². The Hall–Kier alpha value is -0.570. The molecule has 0 aromatic carbocycles. The molecule has 0 saturated carbocycles. The summed E-state index contributed by atoms with van der Waals surface area (Å²) >= 11 is 0. The fourth-order valence-electron chi connectivity index (χ4n) is 2.78. The van der Waals surface area contributed by atoms with Crippen molar-refractivity contribution >= 4 is 35.8 Å². The molecule has 0 rings (SSSR count). The molecule has 0 aromatic heterocycles. The van der Waals surface area contributed by atoms with Gasteiger partial charge in [-0.2, -0.15) is 0 Å². The van der Waals surface area contributed by atoms with Crippen molar-refractivity contribution in [1.82, 2.24) is 20.4 Å². The van der Waals surface area contributed by atoms with Crippen LogP contribution in [-0.2, 0) is 4.79 Å². The van der Waals surface area contributed by atoms with Gasteiger partial charge in [0.15, 0.2) is 5.96 Å². The van der Waals surface area contributed by atoms with Gasteiger partial charge in [-0.15, -0.1) is 24.0 Å². The van der Waals surface area contributed by atoms with Crippen LogP contribution in [0.2, 0.25) is 0 Å². The lowest BCUT2D eigenvalue weighted by Gasteiger charge is -2.21. The van der Waals surface area contributed by atoms with E-state index in [2.05, 4.69) is 48.2 Å². The predicted octanol–water partition coefficient (Wildman–Crippen LogP) is 2.93. The van der Waals surface area contributed by atoms with E-state index in [4.69, 9.17) is 0 Å². The molecule has 0 radical (unpaired) electrons. The molecule has 2 N–H and O–H groups in total. The second-order valence-corrected chi connectivity index (χ2v) is 6.29. The number of aliphatic imine (C=N–C) groups is 1. The summed E-state index contributed by atoms with van der Waals surface area (Å²) in [5.74, 6) is 0.988. The first-order valence-corrected chi connectivity index (χ1v) is 10.1. The minimum Gasteiger partial charge on any atom is -0.357 e. The normalized spacial score (nSPS) is 12.5. The van der Waals surface area contributed by atoms with Crippen LogP contribution in [0.15, 0.2) is 4.99 Å². The van der Waals surface area contributed by atoms with Crippen LogP contribution in [0.25, 0.3) is 0 Å². The highest BCUT2D eigenvalue weighted by Crippen LogP contribution is 2.00. The Kier molecular flexibility index (Phi) is 19.0. The van der Waals surface area contributed by atoms with E-state index in [0.717, 1.165) is 51.6 Å². The second kappa shape index (κ2) is 17.8. The van der Waals surface area contributed by atoms with E-state index in [0.29, 0.717) is 19.0 Å². The lowest BCUT2D eigenvalue weighted by molar-refractivity contribution is -0.130. The number of guanidine groups is 1. The second-order valence-electron chi connectivity index (χ2n) is 6.29. The molecule has 0 aromatic rings. The monoisotopic (exact) mass is 483 g/mol. The van der Waals surface area contributed by atoms with Gasteiger partial charge >= 0.3 is 0 Å². The van der Waals surface area contributed by atoms with Crippen LogP contribution in [0.4, 0.5) is 0 Å². The number of amides is 1. The molecule has 1 amide bonds. The van der Waals surface area contributed by atoms with Crippen LogP contribution in [0, 0.1) is 0 Å². The van der Waals surface area contributed by atoms with Crippen LogP contribution < -0.4 is 10.6 Å². The fourth-order valence-corrected chi connectivity index (χ4v) is 2.78. The number of halogens is 1. The van der Waals surface area contributed by atoms with Crippen molar-refractivity contribution in [2.45, 2.75) is 66.8 Å². The molecule has 6 nitrogen and oxygen atoms in total. The highest BCUT2D eigenvalue weighted by atomic mass is 127. The number of hydrogen-bond acceptors (Lipinski definition) is 3. The summed E-state index contributed by atoms with van der Waals surface area (Å²) in [6, 6.07) is 0.367. The summed E-state index contributed by atoms with van der Waals surface area (Å²) in [5.41, 5.74) is 0. The molecule has 0 saturated heterocycles. The number of nitrogens with one attached hydrogen (secondary N) is 2. The van der Waals surface area contributed by atoms with Crippen molar-refractivity contribution in [3.63, 3.8) is 0 Å². The highest BCUT2D eigenvalue weighted by molar-refractivity contribution is 14.0. The molecule has 0 aliphatic heterocycles. The van der Waals surface area contributed by atoms with Gasteiger partial charge in [-0.05, 0) is 60.2 Å². The van der Waals surface area contributed by atoms with Crippen molar-refractivity contribution in [2.75, 3.05) is 45.8 Å². The summed E-state index contributed by atoms with van der Waals surface area (Å²) in [4.78, 5) is 20.9. The Balaban J connectivity index is 0. The van der Waals surface area contributed by atoms with Crippen LogP contribution in [0.1, 0.15) is 60.8 Å². The van der Waals surface area contributed by atoms with Crippen LogP contribution in [-0.4, -0.2) is 73.5 Å². The average Bonchev–Trinajstić information content (AvgIpc) is 2.60. The fraction of sp³-hybridized carbons (Fsp3) is 0.895. The number of rotatable bonds is 13. The third-order valence-electron chi connectivity index (χ3n) is 4.44. The number of nitrogens with zero attached hydrogens (tertiary/aromatic N) is 3. The van der Waals surface area contributed by atoms with E-state index < -0.39 is 0 Å². The number of carbonyl (C=O) groups excluding carboxylic acids is 1. The van der Waals surface area contributed by atoms with Gasteiger partial charge in [-0.25, -0.2) is 0 Å². The standard InChI is InChI=1S/C19H41N5O.HI/c1-7-20-19(21-15-14-18(25)24(10-4)11-5)22-17(6)13-12-16-23(8-2)9-3;/h17H,7-16H2,1-6H3,(H2,20,21,22);1H. The van der Waals surface area contributed by atoms with Gasteiger partial charge in [-0.1, -0.05) is 13.8 Å². The Morgan fingerprint density at radius 3 is 2.15 bits per heavy atom. The molecule has 0 aliphatic carbocycles. The minimum absolute atomic E-state index is 0. The van der Waals surface area contributed by atoms with Gasteiger partial charge < -0.3 is 20.4 Å². The Bertz CT molecular complexity index is 371. The Morgan fingerprint density at radius 2 is 1.65 bits per heavy atom. The summed E-state index contributed by atoms with van der Waals surface area (Å²) in [7, 11) is 0. The lowest BCUT2D eigenvalue weighted by Crippen LogP contribution is -2.42. The van der Waals surface area contributed by atoms with Gasteiger partial charge in [0, 0.05) is 32.1 Å². The molecule has 0 heterocycles. The van der Waals surface area contributed by atoms with Crippen molar-refractivity contribution in [2.24, 2.45) is 4.99 Å². The summed E-state index contributed by atoms with van der Waals surface area (Å²) in [6.07, 6.45) is 2.75. The maximum absolute atomic E-state index is 12.0. The molecule has 1 unspecified atom stereocenters. The van der Waals surface area contributed by atoms with Gasteiger partial charge in [0.05, 0.1) is 6.54 Å². The largest absolute Gasteiger partial charge is 0.357 e. The first-order valence-electron chi connectivity index (χ1n) is 10.1. The van der Waals surface area contributed by atoms with E-state index in [1.807, 2.05) is 18.7 Å². The smallest absolute Gasteiger partial charge is 0.224 e. The van der Waals surface area contributed by atoms with E-state index in [1.54, 1.807) is 0 Å². The van der Waals surface area contributed by atoms with E-state index >= 15 is 0 Å². The molecule has 0 bridgehead atoms. The van der Waals surface area contributed by atoms with E-state index in [-0.39, 0.29) is 29.9 Å². The molecular weight excluding hydrogens is 441 g/mol. The molecule has 0 fully saturated rings. The molecule has 0 aliphatic rings. The first-order chi connectivity index (χ1) is 12.0. The predicted molar refractivity (Wildman–Crippen MR) is 124 cm³/mol. The SMILES string of the molecule is CCNC(=NCCC(=O)N(CC)CC)NC(C)CCCN(CC)CC.I. The molecular formula is C19H42IN5O. The Labute approximate surface area is 178 Å². The van der Waals surface area contributed by atoms with E-state index in [9.17, 15) is 4.79 Å². The highest BCUT2D eigenvalue weighted by Gasteiger charge is 2.10. The van der Waals surface area contributed by atoms with Crippen LogP contribution in [0.3, 0.4) is 0 Å². The quantitative estimate of drug-likeness (QED) is 0.240. The zero-order chi connectivity index (χ0) is 19.1. The number of hydrogen-bond donors (Lipinski definition) is 2. The third-order valence-corrected chi connectivity index (χ3v) is 4.44. The van der Waals surface area contributed by atoms with Crippen molar-refractivity contribution < 1.29 is 4.79 Å². The third kappa shape index (κ3) is 12.7. The van der Waals surface area contributed by atoms with Crippen LogP contribution >= 0.6 is 24.0 Å². The van der Waals surface area contributed by atoms with Crippen molar-refractivity contribution in [3.8, 4) is 0 Å². The molecule has 7 heteroatoms. The lowest BCUT2D eigenvalue weighted by atomic mass is 10.2. The van der Waals surface area contributed by atoms with Gasteiger partial charge in [-0.3, -0.25) is 9.79 Å². The van der Waals surface area contributed by atoms with Crippen molar-refractivity contribution in [1.29, 1.82) is 0 Å². The maximum Gasteiger partial charge on any atom is 0.224 e. The number of carbonyl (C=O) groups is 1. The maximum atomic E-state index is 12.0. The first kappa shape index (κ1) is 27.6. The Morgan fingerprint density at radius 1 is 1.04 bits per heavy atom. The minimum atomic E-state index is 0. The molecule has 1 atom stereocenters. The zero-order valence-corrected chi connectivity index (χ0v) is 20.1. The van der Waals surface area contributed by atoms with Crippen molar-refractivity contribution in [3.05, 3.63) is 0 Å². The summed E-state index contributed by atoms with van der Waals surface area (Å²) in [5, 5.41) is 6.72. The average molecular weight is 483 g/mol. The molecule has 26 heavy (non-hydrogen) atoms. The van der Waals surface area contributed by atoms with E-state index in [1.165, 1.54) is 6.42 Å². The summed E-state index contributed by atoms with van der Waals surface area (Å²) < 4.78 is 0. The topological polar surface area (TPSA) is 60.0 Å². The van der Waals surface area contributed by atoms with Gasteiger partial charge in [0.1, 0.15) is 0 Å². The molecule has 156 valence electrons. The van der Waals surface area contributed by atoms with Gasteiger partial charge in [0.2, 0.25) is 5.91 Å². The summed E-state index contributed by atoms with van der Waals surface area (Å²) in [6.45, 7) is 18.9. The zero-order valence-electron chi connectivity index (χ0n) is 17.8.